The van der Waals surface area contributed by atoms with Crippen LogP contribution in [0.2, 0.25) is 0 Å². The van der Waals surface area contributed by atoms with Crippen LogP contribution in [0.4, 0.5) is 0 Å². The Balaban J connectivity index is 3.02. The molecule has 0 fully saturated rings. The molecule has 0 unspecified atom stereocenters. The van der Waals surface area contributed by atoms with Crippen LogP contribution in [0.15, 0.2) is 0 Å². The van der Waals surface area contributed by atoms with Crippen molar-refractivity contribution < 1.29 is 14.3 Å². The van der Waals surface area contributed by atoms with Crippen LogP contribution in [0.1, 0.15) is 20.3 Å². The number of likely N-dealkylation sites (N-methyl/N-ethyl adjacent to an activating group) is 1. The molecule has 4 heteroatoms. The van der Waals surface area contributed by atoms with Crippen LogP contribution in [0.25, 0.3) is 0 Å². The fraction of sp³-hybridized carbons (Fsp3) is 0.909. The molecule has 0 aromatic heterocycles. The largest absolute Gasteiger partial charge is 0.379 e. The minimum atomic E-state index is 0.572. The summed E-state index contributed by atoms with van der Waals surface area (Å²) in [6, 6.07) is 0. The van der Waals surface area contributed by atoms with Crippen molar-refractivity contribution in [2.45, 2.75) is 20.3 Å². The Morgan fingerprint density at radius 1 is 1.13 bits per heavy atom. The van der Waals surface area contributed by atoms with Gasteiger partial charge in [-0.05, 0) is 12.3 Å². The molecule has 0 aliphatic carbocycles. The molecule has 4 nitrogen and oxygen atoms in total. The molecule has 15 heavy (non-hydrogen) atoms. The Bertz CT molecular complexity index is 151. The minimum absolute atomic E-state index is 0.572. The van der Waals surface area contributed by atoms with Crippen molar-refractivity contribution in [1.82, 2.24) is 4.90 Å². The maximum atomic E-state index is 10.2. The van der Waals surface area contributed by atoms with Crippen LogP contribution in [0.3, 0.4) is 0 Å². The summed E-state index contributed by atoms with van der Waals surface area (Å²) < 4.78 is 10.7. The van der Waals surface area contributed by atoms with Gasteiger partial charge in [0.25, 0.3) is 0 Å². The van der Waals surface area contributed by atoms with E-state index < -0.39 is 0 Å². The Kier molecular flexibility index (Phi) is 9.52. The summed E-state index contributed by atoms with van der Waals surface area (Å²) in [7, 11) is 1.73. The van der Waals surface area contributed by atoms with Gasteiger partial charge in [-0.1, -0.05) is 13.8 Å². The molecule has 0 radical (unpaired) electrons. The number of carbonyl (C=O) groups is 1. The van der Waals surface area contributed by atoms with Gasteiger partial charge < -0.3 is 14.4 Å². The molecule has 0 bridgehead atoms. The summed E-state index contributed by atoms with van der Waals surface area (Å²) >= 11 is 0. The SMILES string of the molecule is CC(C)CCOCCOCCN(C)C=O. The Hall–Kier alpha value is -0.610. The summed E-state index contributed by atoms with van der Waals surface area (Å²) in [4.78, 5) is 11.8. The van der Waals surface area contributed by atoms with E-state index in [2.05, 4.69) is 13.8 Å². The average molecular weight is 217 g/mol. The number of carbonyl (C=O) groups excluding carboxylic acids is 1. The second-order valence-electron chi connectivity index (χ2n) is 3.99. The third-order valence-corrected chi connectivity index (χ3v) is 1.98. The summed E-state index contributed by atoms with van der Waals surface area (Å²) in [5.74, 6) is 0.687. The highest BCUT2D eigenvalue weighted by Gasteiger charge is 1.95. The lowest BCUT2D eigenvalue weighted by molar-refractivity contribution is -0.117. The molecule has 0 saturated carbocycles. The average Bonchev–Trinajstić information content (AvgIpc) is 2.21. The highest BCUT2D eigenvalue weighted by Crippen LogP contribution is 1.98. The molecule has 0 aliphatic rings. The zero-order chi connectivity index (χ0) is 11.5. The zero-order valence-corrected chi connectivity index (χ0v) is 10.1. The molecule has 0 atom stereocenters. The lowest BCUT2D eigenvalue weighted by atomic mass is 10.1. The second kappa shape index (κ2) is 9.93. The van der Waals surface area contributed by atoms with Crippen LogP contribution in [0.5, 0.6) is 0 Å². The van der Waals surface area contributed by atoms with Gasteiger partial charge >= 0.3 is 0 Å². The van der Waals surface area contributed by atoms with Gasteiger partial charge in [0.05, 0.1) is 19.8 Å². The van der Waals surface area contributed by atoms with Gasteiger partial charge in [0.15, 0.2) is 0 Å². The topological polar surface area (TPSA) is 38.8 Å². The smallest absolute Gasteiger partial charge is 0.209 e. The lowest BCUT2D eigenvalue weighted by Crippen LogP contribution is -2.22. The summed E-state index contributed by atoms with van der Waals surface area (Å²) in [5, 5.41) is 0. The fourth-order valence-corrected chi connectivity index (χ4v) is 0.902. The van der Waals surface area contributed by atoms with E-state index in [4.69, 9.17) is 9.47 Å². The minimum Gasteiger partial charge on any atom is -0.379 e. The molecule has 0 aliphatic heterocycles. The van der Waals surface area contributed by atoms with Crippen molar-refractivity contribution in [3.63, 3.8) is 0 Å². The predicted molar refractivity (Wildman–Crippen MR) is 59.8 cm³/mol. The molecule has 0 spiro atoms. The number of ether oxygens (including phenoxy) is 2. The fourth-order valence-electron chi connectivity index (χ4n) is 0.902. The van der Waals surface area contributed by atoms with Crippen LogP contribution in [-0.4, -0.2) is 51.3 Å². The second-order valence-corrected chi connectivity index (χ2v) is 3.99. The van der Waals surface area contributed by atoms with Crippen molar-refractivity contribution in [3.8, 4) is 0 Å². The molecule has 1 amide bonds. The van der Waals surface area contributed by atoms with Crippen molar-refractivity contribution >= 4 is 6.41 Å². The van der Waals surface area contributed by atoms with Gasteiger partial charge in [-0.2, -0.15) is 0 Å². The highest BCUT2D eigenvalue weighted by molar-refractivity contribution is 5.46. The quantitative estimate of drug-likeness (QED) is 0.407. The Morgan fingerprint density at radius 3 is 2.27 bits per heavy atom. The molecule has 90 valence electrons. The van der Waals surface area contributed by atoms with E-state index in [9.17, 15) is 4.79 Å². The van der Waals surface area contributed by atoms with Crippen molar-refractivity contribution in [2.75, 3.05) is 40.0 Å². The third kappa shape index (κ3) is 11.3. The molecule has 0 rings (SSSR count). The number of hydrogen-bond donors (Lipinski definition) is 0. The Morgan fingerprint density at radius 2 is 1.73 bits per heavy atom. The van der Waals surface area contributed by atoms with Gasteiger partial charge in [-0.3, -0.25) is 4.79 Å². The molecular formula is C11H23NO3. The zero-order valence-electron chi connectivity index (χ0n) is 10.1. The Labute approximate surface area is 92.5 Å². The van der Waals surface area contributed by atoms with E-state index in [1.165, 1.54) is 0 Å². The van der Waals surface area contributed by atoms with Crippen molar-refractivity contribution in [2.24, 2.45) is 5.92 Å². The molecule has 0 heterocycles. The number of rotatable bonds is 10. The summed E-state index contributed by atoms with van der Waals surface area (Å²) in [6.45, 7) is 7.60. The van der Waals surface area contributed by atoms with Crippen molar-refractivity contribution in [1.29, 1.82) is 0 Å². The van der Waals surface area contributed by atoms with Gasteiger partial charge in [-0.25, -0.2) is 0 Å². The van der Waals surface area contributed by atoms with E-state index in [1.807, 2.05) is 0 Å². The molecule has 0 saturated heterocycles. The third-order valence-electron chi connectivity index (χ3n) is 1.98. The van der Waals surface area contributed by atoms with Crippen LogP contribution >= 0.6 is 0 Å². The molecular weight excluding hydrogens is 194 g/mol. The number of hydrogen-bond acceptors (Lipinski definition) is 3. The maximum Gasteiger partial charge on any atom is 0.209 e. The van der Waals surface area contributed by atoms with Crippen LogP contribution in [-0.2, 0) is 14.3 Å². The summed E-state index contributed by atoms with van der Waals surface area (Å²) in [6.07, 6.45) is 1.89. The van der Waals surface area contributed by atoms with E-state index in [0.29, 0.717) is 32.3 Å². The van der Waals surface area contributed by atoms with E-state index >= 15 is 0 Å². The van der Waals surface area contributed by atoms with E-state index in [-0.39, 0.29) is 0 Å². The molecule has 0 aromatic carbocycles. The van der Waals surface area contributed by atoms with Gasteiger partial charge in [0.1, 0.15) is 0 Å². The first-order valence-corrected chi connectivity index (χ1v) is 5.47. The lowest BCUT2D eigenvalue weighted by Gasteiger charge is -2.10. The van der Waals surface area contributed by atoms with Gasteiger partial charge in [0, 0.05) is 20.2 Å². The monoisotopic (exact) mass is 217 g/mol. The van der Waals surface area contributed by atoms with Crippen LogP contribution in [0, 0.1) is 5.92 Å². The first-order chi connectivity index (χ1) is 7.16. The van der Waals surface area contributed by atoms with E-state index in [1.54, 1.807) is 11.9 Å². The maximum absolute atomic E-state index is 10.2. The first-order valence-electron chi connectivity index (χ1n) is 5.47. The summed E-state index contributed by atoms with van der Waals surface area (Å²) in [5.41, 5.74) is 0. The molecule has 0 N–H and O–H groups in total. The van der Waals surface area contributed by atoms with E-state index in [0.717, 1.165) is 19.4 Å². The van der Waals surface area contributed by atoms with Gasteiger partial charge in [-0.15, -0.1) is 0 Å². The van der Waals surface area contributed by atoms with Crippen molar-refractivity contribution in [3.05, 3.63) is 0 Å². The van der Waals surface area contributed by atoms with Gasteiger partial charge in [0.2, 0.25) is 6.41 Å². The number of amides is 1. The normalized spacial score (nSPS) is 10.7. The predicted octanol–water partition coefficient (Wildman–Crippen LogP) is 1.15. The van der Waals surface area contributed by atoms with Crippen LogP contribution < -0.4 is 0 Å². The highest BCUT2D eigenvalue weighted by atomic mass is 16.5. The molecule has 0 aromatic rings. The standard InChI is InChI=1S/C11H23NO3/c1-11(2)4-6-14-8-9-15-7-5-12(3)10-13/h10-11H,4-9H2,1-3H3. The first kappa shape index (κ1) is 14.4. The number of nitrogens with zero attached hydrogens (tertiary/aromatic N) is 1.